The number of nitrogens with one attached hydrogen (secondary N) is 2. The van der Waals surface area contributed by atoms with E-state index in [4.69, 9.17) is 0 Å². The van der Waals surface area contributed by atoms with Gasteiger partial charge < -0.3 is 10.6 Å². The summed E-state index contributed by atoms with van der Waals surface area (Å²) in [6.07, 6.45) is 5.08. The third-order valence-electron chi connectivity index (χ3n) is 3.24. The molecule has 2 aromatic heterocycles. The molecule has 2 N–H and O–H groups in total. The first-order valence-corrected chi connectivity index (χ1v) is 9.01. The van der Waals surface area contributed by atoms with Crippen molar-refractivity contribution in [2.45, 2.75) is 13.0 Å². The molecule has 1 aromatic carbocycles. The van der Waals surface area contributed by atoms with E-state index in [1.807, 2.05) is 18.2 Å². The number of hydrogen-bond donors (Lipinski definition) is 2. The molecular weight excluding hydrogens is 406 g/mol. The number of para-hydroxylation sites is 1. The van der Waals surface area contributed by atoms with Gasteiger partial charge in [0.1, 0.15) is 11.5 Å². The molecule has 0 aliphatic heterocycles. The maximum absolute atomic E-state index is 12.2. The zero-order chi connectivity index (χ0) is 17.6. The molecule has 0 aliphatic rings. The van der Waals surface area contributed by atoms with Gasteiger partial charge in [-0.05, 0) is 27.6 Å². The lowest BCUT2D eigenvalue weighted by atomic mass is 10.1. The third kappa shape index (κ3) is 4.97. The Labute approximate surface area is 156 Å². The number of carbonyl (C=O) groups is 2. The van der Waals surface area contributed by atoms with Crippen molar-refractivity contribution in [3.05, 3.63) is 58.4 Å². The molecule has 2 amide bonds. The van der Waals surface area contributed by atoms with Crippen LogP contribution in [-0.2, 0) is 22.6 Å². The number of hydrogen-bond acceptors (Lipinski definition) is 5. The lowest BCUT2D eigenvalue weighted by Gasteiger charge is -2.11. The van der Waals surface area contributed by atoms with Crippen molar-refractivity contribution >= 4 is 49.8 Å². The van der Waals surface area contributed by atoms with Crippen LogP contribution in [0.2, 0.25) is 0 Å². The number of nitrogens with zero attached hydrogens (tertiary/aromatic N) is 3. The molecule has 3 aromatic rings. The Morgan fingerprint density at radius 1 is 1.16 bits per heavy atom. The highest BCUT2D eigenvalue weighted by Crippen LogP contribution is 2.18. The summed E-state index contributed by atoms with van der Waals surface area (Å²) >= 11 is 4.64. The van der Waals surface area contributed by atoms with Crippen LogP contribution < -0.4 is 10.6 Å². The van der Waals surface area contributed by atoms with Crippen LogP contribution in [0.25, 0.3) is 0 Å². The van der Waals surface area contributed by atoms with Gasteiger partial charge in [0.25, 0.3) is 0 Å². The Hall–Kier alpha value is -2.52. The SMILES string of the molecule is O=C(Cc1ccccc1NC(=O)Cn1cc(Br)cn1)Nc1cncs1. The fraction of sp³-hybridized carbons (Fsp3) is 0.125. The normalized spacial score (nSPS) is 10.4. The summed E-state index contributed by atoms with van der Waals surface area (Å²) in [7, 11) is 0. The van der Waals surface area contributed by atoms with Gasteiger partial charge in [-0.3, -0.25) is 19.3 Å². The summed E-state index contributed by atoms with van der Waals surface area (Å²) in [6.45, 7) is 0.0903. The zero-order valence-electron chi connectivity index (χ0n) is 13.0. The van der Waals surface area contributed by atoms with Gasteiger partial charge in [-0.1, -0.05) is 18.2 Å². The smallest absolute Gasteiger partial charge is 0.246 e. The number of halogens is 1. The number of thiazole rings is 1. The van der Waals surface area contributed by atoms with Gasteiger partial charge in [0.15, 0.2) is 0 Å². The van der Waals surface area contributed by atoms with Gasteiger partial charge in [-0.25, -0.2) is 0 Å². The Morgan fingerprint density at radius 3 is 2.72 bits per heavy atom. The lowest BCUT2D eigenvalue weighted by Crippen LogP contribution is -2.21. The standard InChI is InChI=1S/C16H14BrN5O2S/c17-12-6-19-22(8-12)9-15(24)20-13-4-2-1-3-11(13)5-14(23)21-16-7-18-10-25-16/h1-4,6-8,10H,5,9H2,(H,20,24)(H,21,23). The molecule has 0 unspecified atom stereocenters. The minimum Gasteiger partial charge on any atom is -0.324 e. The minimum absolute atomic E-state index is 0.0903. The topological polar surface area (TPSA) is 88.9 Å². The summed E-state index contributed by atoms with van der Waals surface area (Å²) in [4.78, 5) is 28.3. The van der Waals surface area contributed by atoms with E-state index < -0.39 is 0 Å². The van der Waals surface area contributed by atoms with E-state index in [0.717, 1.165) is 10.0 Å². The molecule has 0 aliphatic carbocycles. The molecule has 9 heteroatoms. The van der Waals surface area contributed by atoms with Gasteiger partial charge in [0.2, 0.25) is 11.8 Å². The van der Waals surface area contributed by atoms with E-state index in [9.17, 15) is 9.59 Å². The summed E-state index contributed by atoms with van der Waals surface area (Å²) in [6, 6.07) is 7.22. The second-order valence-electron chi connectivity index (χ2n) is 5.15. The number of carbonyl (C=O) groups excluding carboxylic acids is 2. The molecule has 128 valence electrons. The maximum Gasteiger partial charge on any atom is 0.246 e. The van der Waals surface area contributed by atoms with Gasteiger partial charge in [0, 0.05) is 11.9 Å². The predicted octanol–water partition coefficient (Wildman–Crippen LogP) is 2.92. The Bertz CT molecular complexity index is 878. The highest BCUT2D eigenvalue weighted by Gasteiger charge is 2.11. The zero-order valence-corrected chi connectivity index (χ0v) is 15.4. The van der Waals surface area contributed by atoms with Crippen molar-refractivity contribution < 1.29 is 9.59 Å². The van der Waals surface area contributed by atoms with Crippen molar-refractivity contribution in [3.63, 3.8) is 0 Å². The van der Waals surface area contributed by atoms with E-state index in [-0.39, 0.29) is 24.8 Å². The highest BCUT2D eigenvalue weighted by atomic mass is 79.9. The largest absolute Gasteiger partial charge is 0.324 e. The van der Waals surface area contributed by atoms with Crippen molar-refractivity contribution in [1.29, 1.82) is 0 Å². The van der Waals surface area contributed by atoms with Gasteiger partial charge in [-0.2, -0.15) is 5.10 Å². The molecule has 0 atom stereocenters. The van der Waals surface area contributed by atoms with Crippen LogP contribution in [0.1, 0.15) is 5.56 Å². The Morgan fingerprint density at radius 2 is 2.00 bits per heavy atom. The first kappa shape index (κ1) is 17.3. The summed E-state index contributed by atoms with van der Waals surface area (Å²) in [5.74, 6) is -0.382. The number of benzene rings is 1. The molecule has 25 heavy (non-hydrogen) atoms. The van der Waals surface area contributed by atoms with Crippen LogP contribution in [0.3, 0.4) is 0 Å². The van der Waals surface area contributed by atoms with Crippen LogP contribution in [-0.4, -0.2) is 26.6 Å². The van der Waals surface area contributed by atoms with Crippen LogP contribution >= 0.6 is 27.3 Å². The fourth-order valence-electron chi connectivity index (χ4n) is 2.19. The molecule has 0 saturated heterocycles. The fourth-order valence-corrected chi connectivity index (χ4v) is 3.05. The number of amides is 2. The molecule has 0 saturated carbocycles. The van der Waals surface area contributed by atoms with E-state index in [0.29, 0.717) is 10.7 Å². The number of anilines is 2. The van der Waals surface area contributed by atoms with Crippen LogP contribution in [0.5, 0.6) is 0 Å². The summed E-state index contributed by atoms with van der Waals surface area (Å²) in [5.41, 5.74) is 3.00. The van der Waals surface area contributed by atoms with Crippen molar-refractivity contribution in [2.24, 2.45) is 0 Å². The summed E-state index contributed by atoms with van der Waals surface area (Å²) in [5, 5.41) is 10.3. The quantitative estimate of drug-likeness (QED) is 0.642. The van der Waals surface area contributed by atoms with Crippen LogP contribution in [0.15, 0.2) is 52.8 Å². The van der Waals surface area contributed by atoms with Crippen LogP contribution in [0, 0.1) is 0 Å². The van der Waals surface area contributed by atoms with Crippen molar-refractivity contribution in [3.8, 4) is 0 Å². The van der Waals surface area contributed by atoms with Gasteiger partial charge >= 0.3 is 0 Å². The molecule has 7 nitrogen and oxygen atoms in total. The van der Waals surface area contributed by atoms with Gasteiger partial charge in [-0.15, -0.1) is 11.3 Å². The maximum atomic E-state index is 12.2. The van der Waals surface area contributed by atoms with E-state index >= 15 is 0 Å². The van der Waals surface area contributed by atoms with Gasteiger partial charge in [0.05, 0.1) is 28.8 Å². The minimum atomic E-state index is -0.217. The molecule has 0 fully saturated rings. The predicted molar refractivity (Wildman–Crippen MR) is 99.4 cm³/mol. The molecule has 0 spiro atoms. The Balaban J connectivity index is 1.63. The average Bonchev–Trinajstić information content (AvgIpc) is 3.21. The monoisotopic (exact) mass is 419 g/mol. The first-order chi connectivity index (χ1) is 12.1. The highest BCUT2D eigenvalue weighted by molar-refractivity contribution is 9.10. The Kier molecular flexibility index (Phi) is 5.56. The molecular formula is C16H14BrN5O2S. The second kappa shape index (κ2) is 8.04. The molecule has 0 bridgehead atoms. The van der Waals surface area contributed by atoms with Crippen molar-refractivity contribution in [2.75, 3.05) is 10.6 Å². The van der Waals surface area contributed by atoms with E-state index in [1.54, 1.807) is 30.2 Å². The van der Waals surface area contributed by atoms with E-state index in [1.165, 1.54) is 16.0 Å². The van der Waals surface area contributed by atoms with E-state index in [2.05, 4.69) is 36.6 Å². The second-order valence-corrected chi connectivity index (χ2v) is 6.95. The number of aromatic nitrogens is 3. The van der Waals surface area contributed by atoms with Crippen molar-refractivity contribution in [1.82, 2.24) is 14.8 Å². The number of rotatable bonds is 6. The molecule has 3 rings (SSSR count). The first-order valence-electron chi connectivity index (χ1n) is 7.34. The lowest BCUT2D eigenvalue weighted by molar-refractivity contribution is -0.117. The average molecular weight is 420 g/mol. The summed E-state index contributed by atoms with van der Waals surface area (Å²) < 4.78 is 2.33. The third-order valence-corrected chi connectivity index (χ3v) is 4.34. The van der Waals surface area contributed by atoms with Crippen LogP contribution in [0.4, 0.5) is 10.7 Å². The molecule has 0 radical (unpaired) electrons. The molecule has 2 heterocycles.